The van der Waals surface area contributed by atoms with Gasteiger partial charge in [-0.15, -0.1) is 24.0 Å². The van der Waals surface area contributed by atoms with E-state index in [2.05, 4.69) is 15.2 Å². The first kappa shape index (κ1) is 22.0. The Labute approximate surface area is 178 Å². The minimum Gasteiger partial charge on any atom is -0.444 e. The SMILES string of the molecule is CC(C)(C)OC(=O)N1CCN2C(NCCCN3CCCC3=O)=NCC2C1.I. The topological polar surface area (TPSA) is 77.5 Å². The first-order chi connectivity index (χ1) is 12.3. The van der Waals surface area contributed by atoms with Crippen LogP contribution in [0.1, 0.15) is 40.0 Å². The van der Waals surface area contributed by atoms with Crippen LogP contribution in [0.2, 0.25) is 0 Å². The van der Waals surface area contributed by atoms with Gasteiger partial charge in [0, 0.05) is 45.7 Å². The summed E-state index contributed by atoms with van der Waals surface area (Å²) >= 11 is 0. The number of ether oxygens (including phenoxy) is 1. The lowest BCUT2D eigenvalue weighted by Crippen LogP contribution is -2.57. The molecule has 0 aliphatic carbocycles. The van der Waals surface area contributed by atoms with Crippen molar-refractivity contribution in [2.45, 2.75) is 51.7 Å². The fourth-order valence-electron chi connectivity index (χ4n) is 3.63. The zero-order chi connectivity index (χ0) is 18.7. The van der Waals surface area contributed by atoms with E-state index in [1.165, 1.54) is 0 Å². The molecule has 9 heteroatoms. The van der Waals surface area contributed by atoms with Gasteiger partial charge >= 0.3 is 6.09 Å². The second-order valence-electron chi connectivity index (χ2n) is 8.20. The molecule has 1 N–H and O–H groups in total. The maximum atomic E-state index is 12.2. The molecule has 3 aliphatic rings. The molecule has 0 saturated carbocycles. The van der Waals surface area contributed by atoms with Crippen molar-refractivity contribution in [3.63, 3.8) is 0 Å². The molecular weight excluding hydrogens is 461 g/mol. The summed E-state index contributed by atoms with van der Waals surface area (Å²) in [4.78, 5) is 34.4. The van der Waals surface area contributed by atoms with Gasteiger partial charge in [0.2, 0.25) is 5.91 Å². The predicted octanol–water partition coefficient (Wildman–Crippen LogP) is 1.50. The van der Waals surface area contributed by atoms with E-state index in [-0.39, 0.29) is 42.0 Å². The second kappa shape index (κ2) is 9.29. The Kier molecular flexibility index (Phi) is 7.58. The van der Waals surface area contributed by atoms with Crippen LogP contribution in [-0.2, 0) is 9.53 Å². The molecule has 0 spiro atoms. The summed E-state index contributed by atoms with van der Waals surface area (Å²) in [6.07, 6.45) is 2.37. The number of rotatable bonds is 4. The van der Waals surface area contributed by atoms with Gasteiger partial charge in [0.15, 0.2) is 5.96 Å². The summed E-state index contributed by atoms with van der Waals surface area (Å²) < 4.78 is 5.47. The number of nitrogens with zero attached hydrogens (tertiary/aromatic N) is 4. The minimum absolute atomic E-state index is 0. The van der Waals surface area contributed by atoms with Crippen molar-refractivity contribution in [1.29, 1.82) is 0 Å². The molecule has 3 heterocycles. The Hall–Kier alpha value is -1.26. The summed E-state index contributed by atoms with van der Waals surface area (Å²) in [5.74, 6) is 1.20. The lowest BCUT2D eigenvalue weighted by atomic mass is 10.2. The number of halogens is 1. The van der Waals surface area contributed by atoms with Crippen LogP contribution in [0, 0.1) is 0 Å². The van der Waals surface area contributed by atoms with Gasteiger partial charge in [0.1, 0.15) is 5.60 Å². The molecule has 3 aliphatic heterocycles. The smallest absolute Gasteiger partial charge is 0.410 e. The molecule has 3 rings (SSSR count). The number of guanidine groups is 1. The molecule has 0 radical (unpaired) electrons. The number of amides is 2. The van der Waals surface area contributed by atoms with Gasteiger partial charge in [0.25, 0.3) is 0 Å². The average molecular weight is 493 g/mol. The molecule has 1 unspecified atom stereocenters. The molecule has 0 aromatic heterocycles. The van der Waals surface area contributed by atoms with Gasteiger partial charge in [-0.3, -0.25) is 9.79 Å². The standard InChI is InChI=1S/C18H31N5O3.HI/c1-18(2,3)26-17(25)22-10-11-23-14(13-22)12-20-16(23)19-7-5-9-21-8-4-6-15(21)24;/h14H,4-13H2,1-3H3,(H,19,20);1H. The van der Waals surface area contributed by atoms with Crippen molar-refractivity contribution in [2.24, 2.45) is 4.99 Å². The predicted molar refractivity (Wildman–Crippen MR) is 114 cm³/mol. The molecule has 1 atom stereocenters. The molecule has 0 aromatic rings. The Morgan fingerprint density at radius 1 is 1.30 bits per heavy atom. The lowest BCUT2D eigenvalue weighted by Gasteiger charge is -2.39. The van der Waals surface area contributed by atoms with Crippen molar-refractivity contribution < 1.29 is 14.3 Å². The Bertz CT molecular complexity index is 578. The number of piperazine rings is 1. The number of hydrogen-bond acceptors (Lipinski definition) is 6. The third kappa shape index (κ3) is 5.86. The van der Waals surface area contributed by atoms with Crippen LogP contribution in [0.25, 0.3) is 0 Å². The summed E-state index contributed by atoms with van der Waals surface area (Å²) in [6.45, 7) is 10.9. The number of nitrogens with one attached hydrogen (secondary N) is 1. The maximum Gasteiger partial charge on any atom is 0.410 e. The Morgan fingerprint density at radius 2 is 2.07 bits per heavy atom. The highest BCUT2D eigenvalue weighted by Crippen LogP contribution is 2.18. The van der Waals surface area contributed by atoms with Crippen LogP contribution in [0.15, 0.2) is 4.99 Å². The first-order valence-corrected chi connectivity index (χ1v) is 9.64. The van der Waals surface area contributed by atoms with E-state index in [4.69, 9.17) is 4.74 Å². The zero-order valence-electron chi connectivity index (χ0n) is 16.6. The molecule has 2 fully saturated rings. The van der Waals surface area contributed by atoms with Crippen LogP contribution >= 0.6 is 24.0 Å². The van der Waals surface area contributed by atoms with Crippen LogP contribution in [0.4, 0.5) is 4.79 Å². The molecule has 27 heavy (non-hydrogen) atoms. The van der Waals surface area contributed by atoms with Gasteiger partial charge in [0.05, 0.1) is 12.6 Å². The van der Waals surface area contributed by atoms with E-state index in [1.54, 1.807) is 4.90 Å². The van der Waals surface area contributed by atoms with Crippen LogP contribution in [0.5, 0.6) is 0 Å². The van der Waals surface area contributed by atoms with Gasteiger partial charge in [-0.05, 0) is 33.6 Å². The minimum atomic E-state index is -0.468. The second-order valence-corrected chi connectivity index (χ2v) is 8.20. The van der Waals surface area contributed by atoms with Crippen molar-refractivity contribution in [1.82, 2.24) is 20.0 Å². The molecule has 0 bridgehead atoms. The highest BCUT2D eigenvalue weighted by atomic mass is 127. The molecule has 8 nitrogen and oxygen atoms in total. The van der Waals surface area contributed by atoms with E-state index in [0.717, 1.165) is 45.0 Å². The fraction of sp³-hybridized carbons (Fsp3) is 0.833. The van der Waals surface area contributed by atoms with E-state index >= 15 is 0 Å². The largest absolute Gasteiger partial charge is 0.444 e. The van der Waals surface area contributed by atoms with E-state index in [0.29, 0.717) is 26.1 Å². The van der Waals surface area contributed by atoms with Crippen molar-refractivity contribution >= 4 is 41.9 Å². The number of carbonyl (C=O) groups is 2. The van der Waals surface area contributed by atoms with Crippen molar-refractivity contribution in [3.05, 3.63) is 0 Å². The monoisotopic (exact) mass is 493 g/mol. The normalized spacial score (nSPS) is 22.3. The fourth-order valence-corrected chi connectivity index (χ4v) is 3.63. The van der Waals surface area contributed by atoms with Gasteiger partial charge in [-0.2, -0.15) is 0 Å². The highest BCUT2D eigenvalue weighted by molar-refractivity contribution is 14.0. The number of hydrogen-bond donors (Lipinski definition) is 1. The van der Waals surface area contributed by atoms with Crippen LogP contribution < -0.4 is 5.32 Å². The molecule has 154 valence electrons. The van der Waals surface area contributed by atoms with Crippen LogP contribution in [0.3, 0.4) is 0 Å². The molecule has 2 amide bonds. The third-order valence-electron chi connectivity index (χ3n) is 4.92. The van der Waals surface area contributed by atoms with E-state index in [9.17, 15) is 9.59 Å². The van der Waals surface area contributed by atoms with Crippen molar-refractivity contribution in [3.8, 4) is 0 Å². The summed E-state index contributed by atoms with van der Waals surface area (Å²) in [6, 6.07) is 0.221. The average Bonchev–Trinajstić information content (AvgIpc) is 3.16. The van der Waals surface area contributed by atoms with E-state index < -0.39 is 5.60 Å². The Balaban J connectivity index is 0.00000261. The number of aliphatic imine (C=N–C) groups is 1. The third-order valence-corrected chi connectivity index (χ3v) is 4.92. The van der Waals surface area contributed by atoms with Gasteiger partial charge in [-0.25, -0.2) is 4.79 Å². The first-order valence-electron chi connectivity index (χ1n) is 9.64. The van der Waals surface area contributed by atoms with Gasteiger partial charge in [-0.1, -0.05) is 0 Å². The van der Waals surface area contributed by atoms with Crippen LogP contribution in [-0.4, -0.2) is 90.1 Å². The van der Waals surface area contributed by atoms with E-state index in [1.807, 2.05) is 25.7 Å². The quantitative estimate of drug-likeness (QED) is 0.475. The Morgan fingerprint density at radius 3 is 2.74 bits per heavy atom. The molecule has 2 saturated heterocycles. The number of carbonyl (C=O) groups excluding carboxylic acids is 2. The summed E-state index contributed by atoms with van der Waals surface area (Å²) in [7, 11) is 0. The number of likely N-dealkylation sites (tertiary alicyclic amines) is 1. The molecule has 0 aromatic carbocycles. The summed E-state index contributed by atoms with van der Waals surface area (Å²) in [5, 5.41) is 3.41. The van der Waals surface area contributed by atoms with Crippen molar-refractivity contribution in [2.75, 3.05) is 45.8 Å². The summed E-state index contributed by atoms with van der Waals surface area (Å²) in [5.41, 5.74) is -0.468. The lowest BCUT2D eigenvalue weighted by molar-refractivity contribution is -0.127. The zero-order valence-corrected chi connectivity index (χ0v) is 18.9. The highest BCUT2D eigenvalue weighted by Gasteiger charge is 2.36. The van der Waals surface area contributed by atoms with Gasteiger partial charge < -0.3 is 24.8 Å². The number of fused-ring (bicyclic) bond motifs is 1. The molecular formula is C18H32IN5O3. The maximum absolute atomic E-state index is 12.2.